The highest BCUT2D eigenvalue weighted by atomic mass is 79.9. The molecule has 30 heavy (non-hydrogen) atoms. The van der Waals surface area contributed by atoms with E-state index in [1.54, 1.807) is 26.0 Å². The van der Waals surface area contributed by atoms with Gasteiger partial charge in [-0.3, -0.25) is 4.79 Å². The van der Waals surface area contributed by atoms with Gasteiger partial charge in [-0.15, -0.1) is 5.11 Å². The molecule has 0 radical (unpaired) electrons. The van der Waals surface area contributed by atoms with Crippen molar-refractivity contribution >= 4 is 51.0 Å². The van der Waals surface area contributed by atoms with Crippen LogP contribution in [0.15, 0.2) is 32.9 Å². The SMILES string of the molecule is CC1(C)C(=O)Nc2nc(N=NC(CCC(F)(F)F)c3cc(Cl)ccc3Br)nc(N)c21. The zero-order valence-corrected chi connectivity index (χ0v) is 18.2. The number of benzene rings is 1. The van der Waals surface area contributed by atoms with Crippen LogP contribution in [0.4, 0.5) is 30.8 Å². The lowest BCUT2D eigenvalue weighted by Gasteiger charge is -2.16. The van der Waals surface area contributed by atoms with Gasteiger partial charge in [0.1, 0.15) is 11.6 Å². The van der Waals surface area contributed by atoms with Gasteiger partial charge in [0.15, 0.2) is 0 Å². The Morgan fingerprint density at radius 2 is 2.03 bits per heavy atom. The summed E-state index contributed by atoms with van der Waals surface area (Å²) in [5.74, 6) is -0.201. The first-order valence-corrected chi connectivity index (χ1v) is 9.97. The molecule has 0 spiro atoms. The standard InChI is InChI=1S/C18H17BrClF3N6O/c1-17(2)12-13(24)25-16(27-14(12)26-15(17)30)29-28-11(5-6-18(21,22)23)9-7-8(20)3-4-10(9)19/h3-4,7,11H,5-6H2,1-2H3,(H3,24,25,26,27,30). The van der Waals surface area contributed by atoms with Crippen molar-refractivity contribution < 1.29 is 18.0 Å². The van der Waals surface area contributed by atoms with Crippen LogP contribution in [-0.4, -0.2) is 22.1 Å². The molecule has 0 saturated heterocycles. The predicted octanol–water partition coefficient (Wildman–Crippen LogP) is 5.87. The minimum absolute atomic E-state index is 0.0491. The van der Waals surface area contributed by atoms with Gasteiger partial charge < -0.3 is 11.1 Å². The van der Waals surface area contributed by atoms with E-state index in [-0.39, 0.29) is 29.9 Å². The van der Waals surface area contributed by atoms with E-state index in [0.717, 1.165) is 0 Å². The summed E-state index contributed by atoms with van der Waals surface area (Å²) in [6.45, 7) is 3.36. The second-order valence-corrected chi connectivity index (χ2v) is 8.55. The Morgan fingerprint density at radius 3 is 2.70 bits per heavy atom. The van der Waals surface area contributed by atoms with E-state index < -0.39 is 24.1 Å². The molecule has 1 aromatic heterocycles. The molecule has 0 bridgehead atoms. The third-order valence-corrected chi connectivity index (χ3v) is 5.61. The Bertz CT molecular complexity index is 1030. The molecule has 0 fully saturated rings. The van der Waals surface area contributed by atoms with E-state index >= 15 is 0 Å². The molecule has 2 aromatic rings. The van der Waals surface area contributed by atoms with Gasteiger partial charge in [0.25, 0.3) is 5.95 Å². The van der Waals surface area contributed by atoms with Crippen LogP contribution in [0, 0.1) is 0 Å². The molecule has 12 heteroatoms. The number of hydrogen-bond acceptors (Lipinski definition) is 6. The van der Waals surface area contributed by atoms with Crippen LogP contribution in [-0.2, 0) is 10.2 Å². The van der Waals surface area contributed by atoms with Crippen LogP contribution in [0.2, 0.25) is 5.02 Å². The Morgan fingerprint density at radius 1 is 1.33 bits per heavy atom. The number of aromatic nitrogens is 2. The summed E-state index contributed by atoms with van der Waals surface area (Å²) >= 11 is 9.31. The van der Waals surface area contributed by atoms with E-state index in [1.165, 1.54) is 6.07 Å². The summed E-state index contributed by atoms with van der Waals surface area (Å²) in [7, 11) is 0. The maximum Gasteiger partial charge on any atom is 0.389 e. The first kappa shape index (κ1) is 22.4. The van der Waals surface area contributed by atoms with Gasteiger partial charge in [-0.1, -0.05) is 27.5 Å². The topological polar surface area (TPSA) is 106 Å². The highest BCUT2D eigenvalue weighted by molar-refractivity contribution is 9.10. The van der Waals surface area contributed by atoms with Crippen LogP contribution in [0.1, 0.15) is 43.9 Å². The molecule has 3 rings (SSSR count). The van der Waals surface area contributed by atoms with Gasteiger partial charge in [-0.05, 0) is 44.0 Å². The van der Waals surface area contributed by atoms with E-state index in [0.29, 0.717) is 20.6 Å². The van der Waals surface area contributed by atoms with Gasteiger partial charge in [0, 0.05) is 15.9 Å². The van der Waals surface area contributed by atoms with Crippen molar-refractivity contribution in [3.63, 3.8) is 0 Å². The number of anilines is 2. The van der Waals surface area contributed by atoms with Gasteiger partial charge in [-0.2, -0.15) is 28.3 Å². The predicted molar refractivity (Wildman–Crippen MR) is 110 cm³/mol. The largest absolute Gasteiger partial charge is 0.389 e. The van der Waals surface area contributed by atoms with Gasteiger partial charge >= 0.3 is 6.18 Å². The van der Waals surface area contributed by atoms with Gasteiger partial charge in [0.2, 0.25) is 5.91 Å². The summed E-state index contributed by atoms with van der Waals surface area (Å²) in [6, 6.07) is 3.78. The van der Waals surface area contributed by atoms with E-state index in [4.69, 9.17) is 17.3 Å². The number of hydrogen-bond donors (Lipinski definition) is 2. The lowest BCUT2D eigenvalue weighted by atomic mass is 9.87. The first-order chi connectivity index (χ1) is 13.9. The molecule has 160 valence electrons. The molecular weight excluding hydrogens is 489 g/mol. The average Bonchev–Trinajstić information content (AvgIpc) is 2.85. The lowest BCUT2D eigenvalue weighted by Crippen LogP contribution is -2.27. The van der Waals surface area contributed by atoms with Crippen LogP contribution >= 0.6 is 27.5 Å². The second kappa shape index (κ2) is 8.10. The Hall–Kier alpha value is -2.27. The molecule has 2 heterocycles. The lowest BCUT2D eigenvalue weighted by molar-refractivity contribution is -0.136. The van der Waals surface area contributed by atoms with Crippen molar-refractivity contribution in [1.29, 1.82) is 0 Å². The van der Waals surface area contributed by atoms with E-state index in [1.807, 2.05) is 0 Å². The molecule has 1 atom stereocenters. The van der Waals surface area contributed by atoms with Crippen LogP contribution in [0.25, 0.3) is 0 Å². The van der Waals surface area contributed by atoms with Crippen LogP contribution in [0.3, 0.4) is 0 Å². The number of nitrogens with one attached hydrogen (secondary N) is 1. The normalized spacial score (nSPS) is 16.6. The Balaban J connectivity index is 1.95. The van der Waals surface area contributed by atoms with E-state index in [2.05, 4.69) is 41.4 Å². The number of nitrogens with zero attached hydrogens (tertiary/aromatic N) is 4. The van der Waals surface area contributed by atoms with Crippen LogP contribution < -0.4 is 11.1 Å². The number of alkyl halides is 3. The van der Waals surface area contributed by atoms with Crippen molar-refractivity contribution in [2.45, 2.75) is 44.3 Å². The fourth-order valence-electron chi connectivity index (χ4n) is 3.06. The molecule has 3 N–H and O–H groups in total. The monoisotopic (exact) mass is 504 g/mol. The minimum Gasteiger partial charge on any atom is -0.383 e. The minimum atomic E-state index is -4.36. The number of amides is 1. The van der Waals surface area contributed by atoms with Crippen LogP contribution in [0.5, 0.6) is 0 Å². The van der Waals surface area contributed by atoms with Gasteiger partial charge in [-0.25, -0.2) is 0 Å². The number of fused-ring (bicyclic) bond motifs is 1. The molecule has 1 aliphatic rings. The van der Waals surface area contributed by atoms with Crippen molar-refractivity contribution in [2.75, 3.05) is 11.1 Å². The molecule has 0 saturated carbocycles. The summed E-state index contributed by atoms with van der Waals surface area (Å²) in [5.41, 5.74) is 5.95. The zero-order chi connectivity index (χ0) is 22.3. The number of nitrogens with two attached hydrogens (primary N) is 1. The number of carbonyl (C=O) groups is 1. The zero-order valence-electron chi connectivity index (χ0n) is 15.9. The smallest absolute Gasteiger partial charge is 0.383 e. The molecule has 0 aliphatic carbocycles. The molecule has 7 nitrogen and oxygen atoms in total. The first-order valence-electron chi connectivity index (χ1n) is 8.80. The quantitative estimate of drug-likeness (QED) is 0.496. The molecule has 1 amide bonds. The number of nitrogen functional groups attached to an aromatic ring is 1. The highest BCUT2D eigenvalue weighted by Gasteiger charge is 2.42. The summed E-state index contributed by atoms with van der Waals surface area (Å²) in [6.07, 6.45) is -5.77. The van der Waals surface area contributed by atoms with Crippen molar-refractivity contribution in [3.8, 4) is 0 Å². The number of halogens is 5. The fraction of sp³-hybridized carbons (Fsp3) is 0.389. The van der Waals surface area contributed by atoms with Gasteiger partial charge in [0.05, 0.1) is 17.0 Å². The highest BCUT2D eigenvalue weighted by Crippen LogP contribution is 2.40. The second-order valence-electron chi connectivity index (χ2n) is 7.26. The molecular formula is C18H17BrClF3N6O. The van der Waals surface area contributed by atoms with Crippen molar-refractivity contribution in [3.05, 3.63) is 38.8 Å². The van der Waals surface area contributed by atoms with E-state index in [9.17, 15) is 18.0 Å². The summed E-state index contributed by atoms with van der Waals surface area (Å²) in [4.78, 5) is 20.3. The summed E-state index contributed by atoms with van der Waals surface area (Å²) in [5, 5.41) is 10.9. The third-order valence-electron chi connectivity index (χ3n) is 4.65. The number of azo groups is 1. The molecule has 1 aliphatic heterocycles. The average molecular weight is 506 g/mol. The fourth-order valence-corrected chi connectivity index (χ4v) is 3.75. The Labute approximate surface area is 183 Å². The maximum atomic E-state index is 12.8. The molecule has 1 aromatic carbocycles. The third kappa shape index (κ3) is 4.72. The number of carbonyl (C=O) groups excluding carboxylic acids is 1. The number of rotatable bonds is 5. The molecule has 1 unspecified atom stereocenters. The summed E-state index contributed by atoms with van der Waals surface area (Å²) < 4.78 is 38.9. The van der Waals surface area contributed by atoms with Crippen molar-refractivity contribution in [2.24, 2.45) is 10.2 Å². The van der Waals surface area contributed by atoms with Crippen molar-refractivity contribution in [1.82, 2.24) is 9.97 Å². The maximum absolute atomic E-state index is 12.8. The Kier molecular flexibility index (Phi) is 6.06.